The average Bonchev–Trinajstić information content (AvgIpc) is 3.18. The van der Waals surface area contributed by atoms with Gasteiger partial charge in [0.05, 0.1) is 0 Å². The molecule has 0 aliphatic carbocycles. The van der Waals surface area contributed by atoms with Gasteiger partial charge < -0.3 is 24.8 Å². The van der Waals surface area contributed by atoms with Crippen molar-refractivity contribution in [2.24, 2.45) is 0 Å². The Morgan fingerprint density at radius 3 is 1.50 bits per heavy atom. The molecule has 121 valence electrons. The van der Waals surface area contributed by atoms with Crippen LogP contribution in [0.2, 0.25) is 6.55 Å². The molecule has 3 radical (unpaired) electrons. The van der Waals surface area contributed by atoms with Crippen LogP contribution in [0.5, 0.6) is 0 Å². The summed E-state index contributed by atoms with van der Waals surface area (Å²) in [5, 5.41) is 5.39. The zero-order chi connectivity index (χ0) is 15.8. The minimum Gasteiger partial charge on any atom is -1.00 e. The quantitative estimate of drug-likeness (QED) is 0.231. The van der Waals surface area contributed by atoms with Crippen molar-refractivity contribution in [1.29, 1.82) is 0 Å². The van der Waals surface area contributed by atoms with E-state index in [1.807, 2.05) is 30.3 Å². The SMILES string of the molecule is C[Si]([Si])=[Zr+2].[Cl-].[Cl-].c1cc[cH-]c1.c1ccc2c(c1)[cH-]c1ccccc12. The van der Waals surface area contributed by atoms with E-state index in [4.69, 9.17) is 0 Å². The molecule has 0 saturated carbocycles. The van der Waals surface area contributed by atoms with E-state index in [-0.39, 0.29) is 29.8 Å². The summed E-state index contributed by atoms with van der Waals surface area (Å²) in [6.45, 7) is 2.22. The van der Waals surface area contributed by atoms with Gasteiger partial charge in [-0.25, -0.2) is 12.1 Å². The number of rotatable bonds is 0. The summed E-state index contributed by atoms with van der Waals surface area (Å²) in [7, 11) is 3.45. The average molecular weight is 464 g/mol. The largest absolute Gasteiger partial charge is 1.00 e. The van der Waals surface area contributed by atoms with E-state index in [2.05, 4.69) is 70.9 Å². The first-order valence-electron chi connectivity index (χ1n) is 7.15. The Kier molecular flexibility index (Phi) is 12.6. The Morgan fingerprint density at radius 1 is 0.792 bits per heavy atom. The maximum atomic E-state index is 3.45. The van der Waals surface area contributed by atoms with Gasteiger partial charge in [0.2, 0.25) is 0 Å². The van der Waals surface area contributed by atoms with Crippen molar-refractivity contribution in [2.45, 2.75) is 6.55 Å². The van der Waals surface area contributed by atoms with Crippen molar-refractivity contribution in [1.82, 2.24) is 0 Å². The molecule has 24 heavy (non-hydrogen) atoms. The second kappa shape index (κ2) is 12.9. The van der Waals surface area contributed by atoms with Crippen LogP contribution in [0.25, 0.3) is 21.5 Å². The Labute approximate surface area is 174 Å². The topological polar surface area (TPSA) is 0 Å². The van der Waals surface area contributed by atoms with E-state index in [1.165, 1.54) is 21.5 Å². The Bertz CT molecular complexity index is 767. The number of benzene rings is 2. The van der Waals surface area contributed by atoms with E-state index >= 15 is 0 Å². The molecule has 0 aliphatic rings. The van der Waals surface area contributed by atoms with Gasteiger partial charge >= 0.3 is 44.6 Å². The van der Waals surface area contributed by atoms with Crippen molar-refractivity contribution in [2.75, 3.05) is 0 Å². The molecule has 0 unspecified atom stereocenters. The molecule has 0 aliphatic heterocycles. The molecule has 0 heterocycles. The molecule has 0 nitrogen and oxygen atoms in total. The van der Waals surface area contributed by atoms with Crippen LogP contribution in [0, 0.1) is 0 Å². The molecule has 5 heteroatoms. The first-order valence-corrected chi connectivity index (χ1v) is 14.3. The van der Waals surface area contributed by atoms with E-state index in [0.717, 1.165) is 0 Å². The van der Waals surface area contributed by atoms with Crippen LogP contribution in [0.4, 0.5) is 0 Å². The van der Waals surface area contributed by atoms with Crippen LogP contribution in [0.3, 0.4) is 0 Å². The van der Waals surface area contributed by atoms with Crippen LogP contribution in [0.15, 0.2) is 84.9 Å². The maximum absolute atomic E-state index is 3.45. The van der Waals surface area contributed by atoms with Crippen LogP contribution < -0.4 is 24.8 Å². The number of fused-ring (bicyclic) bond motifs is 3. The monoisotopic (exact) mass is 461 g/mol. The predicted octanol–water partition coefficient (Wildman–Crippen LogP) is -1.05. The van der Waals surface area contributed by atoms with Crippen molar-refractivity contribution in [3.8, 4) is 0 Å². The standard InChI is InChI=1S/C13H9.C5H5.CH3Si2.2ClH.Zr/c1-3-7-12-10(5-1)9-11-6-2-4-8-13(11)12;1-2-4-5-3-1;1-3-2;;;/h1-9H;1-5H;1H3;2*1H;/q2*-1;;;;+2/p-2. The third-order valence-electron chi connectivity index (χ3n) is 3.08. The van der Waals surface area contributed by atoms with Gasteiger partial charge in [-0.3, -0.25) is 0 Å². The maximum Gasteiger partial charge on any atom is -0.0771 e. The molecular formula is C19H17Cl2Si2Zr-2. The fourth-order valence-electron chi connectivity index (χ4n) is 2.22. The van der Waals surface area contributed by atoms with Gasteiger partial charge in [0.1, 0.15) is 0 Å². The third kappa shape index (κ3) is 7.63. The van der Waals surface area contributed by atoms with E-state index < -0.39 is 0 Å². The molecule has 0 saturated heterocycles. The molecule has 0 atom stereocenters. The minimum absolute atomic E-state index is 0. The summed E-state index contributed by atoms with van der Waals surface area (Å²) < 4.78 is 0. The summed E-state index contributed by atoms with van der Waals surface area (Å²) in [6, 6.07) is 29.3. The molecule has 0 bridgehead atoms. The third-order valence-corrected chi connectivity index (χ3v) is 3.08. The number of halogens is 2. The second-order valence-electron chi connectivity index (χ2n) is 4.91. The van der Waals surface area contributed by atoms with E-state index in [0.29, 0.717) is 0 Å². The predicted molar refractivity (Wildman–Crippen MR) is 96.5 cm³/mol. The van der Waals surface area contributed by atoms with Gasteiger partial charge in [-0.05, 0) is 0 Å². The van der Waals surface area contributed by atoms with Gasteiger partial charge in [-0.15, -0.1) is 39.7 Å². The second-order valence-corrected chi connectivity index (χ2v) is 17.6. The summed E-state index contributed by atoms with van der Waals surface area (Å²) in [6.07, 6.45) is 0. The Hall–Kier alpha value is -0.443. The first kappa shape index (κ1) is 23.6. The smallest absolute Gasteiger partial charge is 0.0771 e. The summed E-state index contributed by atoms with van der Waals surface area (Å²) in [4.78, 5) is 0.0159. The molecule has 0 fully saturated rings. The zero-order valence-corrected chi connectivity index (χ0v) is 19.3. The van der Waals surface area contributed by atoms with Gasteiger partial charge in [-0.1, -0.05) is 36.4 Å². The molecular weight excluding hydrogens is 447 g/mol. The van der Waals surface area contributed by atoms with Gasteiger partial charge in [0, 0.05) is 0 Å². The summed E-state index contributed by atoms with van der Waals surface area (Å²) >= 11 is 1.65. The normalized spacial score (nSPS) is 8.83. The summed E-state index contributed by atoms with van der Waals surface area (Å²) in [5.41, 5.74) is 0. The zero-order valence-electron chi connectivity index (χ0n) is 13.3. The molecule has 4 rings (SSSR count). The first-order chi connectivity index (χ1) is 10.7. The van der Waals surface area contributed by atoms with E-state index in [9.17, 15) is 0 Å². The summed E-state index contributed by atoms with van der Waals surface area (Å²) in [5.74, 6) is 0. The molecule has 0 aromatic heterocycles. The van der Waals surface area contributed by atoms with Gasteiger partial charge in [-0.2, -0.15) is 18.2 Å². The van der Waals surface area contributed by atoms with Gasteiger partial charge in [0.15, 0.2) is 0 Å². The van der Waals surface area contributed by atoms with Crippen molar-refractivity contribution in [3.05, 3.63) is 84.9 Å². The van der Waals surface area contributed by atoms with Crippen LogP contribution in [-0.4, -0.2) is 14.7 Å². The van der Waals surface area contributed by atoms with Crippen LogP contribution >= 0.6 is 0 Å². The molecule has 4 aromatic rings. The van der Waals surface area contributed by atoms with Crippen molar-refractivity contribution in [3.63, 3.8) is 0 Å². The van der Waals surface area contributed by atoms with E-state index in [1.54, 1.807) is 23.3 Å². The fraction of sp³-hybridized carbons (Fsp3) is 0.0526. The molecule has 4 aromatic carbocycles. The molecule has 0 amide bonds. The number of hydrogen-bond donors (Lipinski definition) is 0. The van der Waals surface area contributed by atoms with Crippen LogP contribution in [0.1, 0.15) is 0 Å². The van der Waals surface area contributed by atoms with Gasteiger partial charge in [0.25, 0.3) is 0 Å². The minimum atomic E-state index is 0. The number of hydrogen-bond acceptors (Lipinski definition) is 0. The Balaban J connectivity index is 0.000000409. The molecule has 0 spiro atoms. The molecule has 0 N–H and O–H groups in total. The van der Waals surface area contributed by atoms with Crippen LogP contribution in [-0.2, 0) is 23.3 Å². The van der Waals surface area contributed by atoms with Crippen molar-refractivity contribution >= 4 is 36.3 Å². The Morgan fingerprint density at radius 2 is 1.17 bits per heavy atom. The fourth-order valence-corrected chi connectivity index (χ4v) is 2.22. The van der Waals surface area contributed by atoms with Crippen molar-refractivity contribution < 1.29 is 48.1 Å².